The number of fused-ring (bicyclic) bond motifs is 2. The lowest BCUT2D eigenvalue weighted by atomic mass is 9.76. The fraction of sp³-hybridized carbons (Fsp3) is 0.538. The van der Waals surface area contributed by atoms with Crippen molar-refractivity contribution in [2.24, 2.45) is 0 Å². The van der Waals surface area contributed by atoms with E-state index in [0.29, 0.717) is 0 Å². The van der Waals surface area contributed by atoms with E-state index in [1.165, 1.54) is 29.5 Å². The summed E-state index contributed by atoms with van der Waals surface area (Å²) < 4.78 is 0. The molecule has 1 fully saturated rings. The fourth-order valence-electron chi connectivity index (χ4n) is 3.10. The molecule has 0 bridgehead atoms. The maximum absolute atomic E-state index is 10.1. The van der Waals surface area contributed by atoms with Crippen LogP contribution in [0.15, 0.2) is 18.2 Å². The summed E-state index contributed by atoms with van der Waals surface area (Å²) in [6.45, 7) is 2.18. The minimum atomic E-state index is -0.0869. The third kappa shape index (κ3) is 0.936. The molecule has 1 spiro atoms. The molecule has 1 N–H and O–H groups in total. The Hall–Kier alpha value is -0.820. The molecule has 0 radical (unpaired) electrons. The Morgan fingerprint density at radius 2 is 2.14 bits per heavy atom. The van der Waals surface area contributed by atoms with Crippen molar-refractivity contribution in [3.8, 4) is 0 Å². The Morgan fingerprint density at radius 1 is 1.36 bits per heavy atom. The highest BCUT2D eigenvalue weighted by Gasteiger charge is 2.53. The van der Waals surface area contributed by atoms with Crippen molar-refractivity contribution in [2.45, 2.75) is 44.1 Å². The first-order valence-corrected chi connectivity index (χ1v) is 5.51. The van der Waals surface area contributed by atoms with E-state index in [0.717, 1.165) is 12.8 Å². The van der Waals surface area contributed by atoms with Crippen LogP contribution in [-0.4, -0.2) is 11.2 Å². The van der Waals surface area contributed by atoms with E-state index in [9.17, 15) is 5.11 Å². The molecule has 2 aliphatic rings. The summed E-state index contributed by atoms with van der Waals surface area (Å²) in [5.41, 5.74) is 4.49. The van der Waals surface area contributed by atoms with Gasteiger partial charge in [0.2, 0.25) is 0 Å². The van der Waals surface area contributed by atoms with E-state index >= 15 is 0 Å². The standard InChI is InChI=1S/C13H16O/c1-9-3-2-4-10-5-6-11(14)13(7-8-13)12(9)10/h2-4,11,14H,5-8H2,1H3. The van der Waals surface area contributed by atoms with Crippen molar-refractivity contribution < 1.29 is 5.11 Å². The highest BCUT2D eigenvalue weighted by atomic mass is 16.3. The van der Waals surface area contributed by atoms with Crippen molar-refractivity contribution in [2.75, 3.05) is 0 Å². The minimum Gasteiger partial charge on any atom is -0.392 e. The normalized spacial score (nSPS) is 27.4. The van der Waals surface area contributed by atoms with Gasteiger partial charge in [-0.2, -0.15) is 0 Å². The molecule has 1 aromatic carbocycles. The van der Waals surface area contributed by atoms with Gasteiger partial charge in [-0.25, -0.2) is 0 Å². The molecule has 3 rings (SSSR count). The van der Waals surface area contributed by atoms with Gasteiger partial charge < -0.3 is 5.11 Å². The Balaban J connectivity index is 2.21. The number of hydrogen-bond donors (Lipinski definition) is 1. The number of benzene rings is 1. The van der Waals surface area contributed by atoms with Crippen LogP contribution in [0.25, 0.3) is 0 Å². The van der Waals surface area contributed by atoms with E-state index in [-0.39, 0.29) is 11.5 Å². The molecule has 1 aromatic rings. The van der Waals surface area contributed by atoms with Crippen LogP contribution in [0.1, 0.15) is 36.0 Å². The molecule has 0 aliphatic heterocycles. The molecule has 1 atom stereocenters. The van der Waals surface area contributed by atoms with Gasteiger partial charge in [-0.05, 0) is 49.3 Å². The smallest absolute Gasteiger partial charge is 0.0640 e. The lowest BCUT2D eigenvalue weighted by Gasteiger charge is -2.32. The number of rotatable bonds is 0. The van der Waals surface area contributed by atoms with Crippen LogP contribution in [0, 0.1) is 6.92 Å². The number of hydrogen-bond acceptors (Lipinski definition) is 1. The second-order valence-corrected chi connectivity index (χ2v) is 4.82. The lowest BCUT2D eigenvalue weighted by molar-refractivity contribution is 0.114. The van der Waals surface area contributed by atoms with Gasteiger partial charge in [0.05, 0.1) is 6.10 Å². The monoisotopic (exact) mass is 188 g/mol. The Morgan fingerprint density at radius 3 is 2.86 bits per heavy atom. The maximum Gasteiger partial charge on any atom is 0.0640 e. The predicted octanol–water partition coefficient (Wildman–Crippen LogP) is 2.33. The van der Waals surface area contributed by atoms with Gasteiger partial charge in [0.15, 0.2) is 0 Å². The van der Waals surface area contributed by atoms with Gasteiger partial charge in [0, 0.05) is 5.41 Å². The average molecular weight is 188 g/mol. The zero-order valence-electron chi connectivity index (χ0n) is 8.59. The zero-order valence-corrected chi connectivity index (χ0v) is 8.59. The van der Waals surface area contributed by atoms with Gasteiger partial charge >= 0.3 is 0 Å². The molecule has 0 aromatic heterocycles. The minimum absolute atomic E-state index is 0.0869. The SMILES string of the molecule is Cc1cccc2c1C1(CC1)C(O)CC2. The summed E-state index contributed by atoms with van der Waals surface area (Å²) in [4.78, 5) is 0. The van der Waals surface area contributed by atoms with Gasteiger partial charge in [-0.1, -0.05) is 18.2 Å². The van der Waals surface area contributed by atoms with Crippen LogP contribution >= 0.6 is 0 Å². The van der Waals surface area contributed by atoms with Crippen LogP contribution in [0.5, 0.6) is 0 Å². The van der Waals surface area contributed by atoms with Crippen LogP contribution < -0.4 is 0 Å². The molecule has 14 heavy (non-hydrogen) atoms. The first kappa shape index (κ1) is 8.49. The summed E-state index contributed by atoms with van der Waals surface area (Å²) in [5.74, 6) is 0. The fourth-order valence-corrected chi connectivity index (χ4v) is 3.10. The molecule has 74 valence electrons. The molecule has 2 aliphatic carbocycles. The summed E-state index contributed by atoms with van der Waals surface area (Å²) >= 11 is 0. The Kier molecular flexibility index (Phi) is 1.58. The molecular weight excluding hydrogens is 172 g/mol. The third-order valence-corrected chi connectivity index (χ3v) is 3.97. The topological polar surface area (TPSA) is 20.2 Å². The predicted molar refractivity (Wildman–Crippen MR) is 56.4 cm³/mol. The molecule has 0 amide bonds. The zero-order chi connectivity index (χ0) is 9.76. The first-order valence-electron chi connectivity index (χ1n) is 5.51. The second kappa shape index (κ2) is 2.60. The van der Waals surface area contributed by atoms with Crippen molar-refractivity contribution in [1.82, 2.24) is 0 Å². The lowest BCUT2D eigenvalue weighted by Crippen LogP contribution is -2.32. The summed E-state index contributed by atoms with van der Waals surface area (Å²) in [7, 11) is 0. The van der Waals surface area contributed by atoms with Crippen LogP contribution in [0.4, 0.5) is 0 Å². The van der Waals surface area contributed by atoms with E-state index < -0.39 is 0 Å². The molecule has 1 heteroatoms. The van der Waals surface area contributed by atoms with Crippen LogP contribution in [-0.2, 0) is 11.8 Å². The summed E-state index contributed by atoms with van der Waals surface area (Å²) in [6.07, 6.45) is 4.30. The molecule has 0 saturated heterocycles. The highest BCUT2D eigenvalue weighted by Crippen LogP contribution is 2.56. The number of aliphatic hydroxyl groups excluding tert-OH is 1. The van der Waals surface area contributed by atoms with Gasteiger partial charge in [-0.15, -0.1) is 0 Å². The van der Waals surface area contributed by atoms with E-state index in [1.807, 2.05) is 0 Å². The van der Waals surface area contributed by atoms with Gasteiger partial charge in [0.1, 0.15) is 0 Å². The van der Waals surface area contributed by atoms with Crippen LogP contribution in [0.2, 0.25) is 0 Å². The third-order valence-electron chi connectivity index (χ3n) is 3.97. The van der Waals surface area contributed by atoms with E-state index in [1.54, 1.807) is 0 Å². The Bertz CT molecular complexity index is 377. The van der Waals surface area contributed by atoms with E-state index in [4.69, 9.17) is 0 Å². The maximum atomic E-state index is 10.1. The van der Waals surface area contributed by atoms with Crippen molar-refractivity contribution in [1.29, 1.82) is 0 Å². The molecule has 1 saturated carbocycles. The highest BCUT2D eigenvalue weighted by molar-refractivity contribution is 5.47. The number of aliphatic hydroxyl groups is 1. The average Bonchev–Trinajstić information content (AvgIpc) is 2.94. The van der Waals surface area contributed by atoms with Crippen molar-refractivity contribution in [3.63, 3.8) is 0 Å². The molecule has 1 nitrogen and oxygen atoms in total. The van der Waals surface area contributed by atoms with E-state index in [2.05, 4.69) is 25.1 Å². The quantitative estimate of drug-likeness (QED) is 0.662. The summed E-state index contributed by atoms with van der Waals surface area (Å²) in [6, 6.07) is 6.55. The first-order chi connectivity index (χ1) is 6.74. The van der Waals surface area contributed by atoms with Gasteiger partial charge in [-0.3, -0.25) is 0 Å². The molecular formula is C13H16O. The summed E-state index contributed by atoms with van der Waals surface area (Å²) in [5, 5.41) is 10.1. The van der Waals surface area contributed by atoms with Gasteiger partial charge in [0.25, 0.3) is 0 Å². The molecule has 0 heterocycles. The largest absolute Gasteiger partial charge is 0.392 e. The second-order valence-electron chi connectivity index (χ2n) is 4.82. The molecule has 1 unspecified atom stereocenters. The van der Waals surface area contributed by atoms with Crippen molar-refractivity contribution >= 4 is 0 Å². The Labute approximate surface area is 84.8 Å². The van der Waals surface area contributed by atoms with Crippen LogP contribution in [0.3, 0.4) is 0 Å². The van der Waals surface area contributed by atoms with Crippen molar-refractivity contribution in [3.05, 3.63) is 34.9 Å². The number of aryl methyl sites for hydroxylation is 2.